The van der Waals surface area contributed by atoms with Gasteiger partial charge in [-0.3, -0.25) is 11.3 Å². The summed E-state index contributed by atoms with van der Waals surface area (Å²) in [5.41, 5.74) is 3.45. The van der Waals surface area contributed by atoms with E-state index >= 15 is 0 Å². The summed E-state index contributed by atoms with van der Waals surface area (Å²) < 4.78 is 26.1. The Labute approximate surface area is 107 Å². The van der Waals surface area contributed by atoms with Crippen LogP contribution in [0.25, 0.3) is 0 Å². The predicted octanol–water partition coefficient (Wildman–Crippen LogP) is 3.44. The standard InChI is InChI=1S/C14H20F2N2/c15-12-7-6-11(9-13(12)16)14(18-17)8-10-4-2-1-3-5-10/h6-7,9-10,14,18H,1-5,8,17H2. The Kier molecular flexibility index (Phi) is 4.66. The molecule has 1 aromatic carbocycles. The summed E-state index contributed by atoms with van der Waals surface area (Å²) in [6, 6.07) is 3.91. The van der Waals surface area contributed by atoms with Crippen molar-refractivity contribution in [3.8, 4) is 0 Å². The third-order valence-electron chi connectivity index (χ3n) is 3.84. The zero-order chi connectivity index (χ0) is 13.0. The van der Waals surface area contributed by atoms with Crippen LogP contribution in [0, 0.1) is 17.6 Å². The number of halogens is 2. The first-order valence-electron chi connectivity index (χ1n) is 6.62. The average molecular weight is 254 g/mol. The normalized spacial score (nSPS) is 18.8. The van der Waals surface area contributed by atoms with E-state index in [0.717, 1.165) is 18.1 Å². The van der Waals surface area contributed by atoms with Gasteiger partial charge in [0.25, 0.3) is 0 Å². The van der Waals surface area contributed by atoms with Crippen molar-refractivity contribution in [2.24, 2.45) is 11.8 Å². The van der Waals surface area contributed by atoms with Gasteiger partial charge in [0.05, 0.1) is 0 Å². The number of benzene rings is 1. The molecule has 1 atom stereocenters. The fourth-order valence-electron chi connectivity index (χ4n) is 2.79. The number of hydrazine groups is 1. The van der Waals surface area contributed by atoms with Gasteiger partial charge in [-0.25, -0.2) is 8.78 Å². The van der Waals surface area contributed by atoms with Crippen LogP contribution in [0.4, 0.5) is 8.78 Å². The van der Waals surface area contributed by atoms with Gasteiger partial charge >= 0.3 is 0 Å². The molecule has 0 spiro atoms. The second kappa shape index (κ2) is 6.25. The van der Waals surface area contributed by atoms with Crippen LogP contribution >= 0.6 is 0 Å². The van der Waals surface area contributed by atoms with Crippen molar-refractivity contribution in [2.75, 3.05) is 0 Å². The maximum Gasteiger partial charge on any atom is 0.159 e. The van der Waals surface area contributed by atoms with Crippen molar-refractivity contribution in [2.45, 2.75) is 44.6 Å². The van der Waals surface area contributed by atoms with E-state index < -0.39 is 11.6 Å². The Hall–Kier alpha value is -1.00. The maximum absolute atomic E-state index is 13.2. The molecule has 0 radical (unpaired) electrons. The first-order chi connectivity index (χ1) is 8.70. The van der Waals surface area contributed by atoms with Crippen molar-refractivity contribution < 1.29 is 8.78 Å². The Morgan fingerprint density at radius 1 is 1.17 bits per heavy atom. The van der Waals surface area contributed by atoms with Crippen molar-refractivity contribution in [3.63, 3.8) is 0 Å². The van der Waals surface area contributed by atoms with Crippen LogP contribution in [0.3, 0.4) is 0 Å². The SMILES string of the molecule is NNC(CC1CCCCC1)c1ccc(F)c(F)c1. The molecule has 18 heavy (non-hydrogen) atoms. The number of nitrogens with two attached hydrogens (primary N) is 1. The van der Waals surface area contributed by atoms with Crippen molar-refractivity contribution in [1.82, 2.24) is 5.43 Å². The first kappa shape index (κ1) is 13.4. The molecule has 1 fully saturated rings. The first-order valence-corrected chi connectivity index (χ1v) is 6.62. The van der Waals surface area contributed by atoms with Gasteiger partial charge < -0.3 is 0 Å². The smallest absolute Gasteiger partial charge is 0.159 e. The summed E-state index contributed by atoms with van der Waals surface area (Å²) in [7, 11) is 0. The van der Waals surface area contributed by atoms with Gasteiger partial charge in [-0.15, -0.1) is 0 Å². The highest BCUT2D eigenvalue weighted by molar-refractivity contribution is 5.21. The molecular weight excluding hydrogens is 234 g/mol. The van der Waals surface area contributed by atoms with E-state index in [9.17, 15) is 8.78 Å². The maximum atomic E-state index is 13.2. The van der Waals surface area contributed by atoms with Crippen LogP contribution in [0.15, 0.2) is 18.2 Å². The highest BCUT2D eigenvalue weighted by Gasteiger charge is 2.20. The fourth-order valence-corrected chi connectivity index (χ4v) is 2.79. The lowest BCUT2D eigenvalue weighted by atomic mass is 9.83. The van der Waals surface area contributed by atoms with E-state index in [1.54, 1.807) is 6.07 Å². The molecule has 1 aromatic rings. The van der Waals surface area contributed by atoms with Gasteiger partial charge in [0.1, 0.15) is 0 Å². The Balaban J connectivity index is 2.04. The summed E-state index contributed by atoms with van der Waals surface area (Å²) in [5.74, 6) is 4.55. The predicted molar refractivity (Wildman–Crippen MR) is 67.6 cm³/mol. The van der Waals surface area contributed by atoms with Gasteiger partial charge in [-0.05, 0) is 30.0 Å². The monoisotopic (exact) mass is 254 g/mol. The minimum atomic E-state index is -0.813. The highest BCUT2D eigenvalue weighted by Crippen LogP contribution is 2.31. The molecule has 0 saturated heterocycles. The summed E-state index contributed by atoms with van der Waals surface area (Å²) >= 11 is 0. The van der Waals surface area contributed by atoms with E-state index in [1.807, 2.05) is 0 Å². The van der Waals surface area contributed by atoms with Crippen molar-refractivity contribution in [3.05, 3.63) is 35.4 Å². The molecule has 1 saturated carbocycles. The van der Waals surface area contributed by atoms with Crippen molar-refractivity contribution in [1.29, 1.82) is 0 Å². The molecule has 0 bridgehead atoms. The summed E-state index contributed by atoms with van der Waals surface area (Å²) in [6.07, 6.45) is 7.15. The lowest BCUT2D eigenvalue weighted by Crippen LogP contribution is -2.30. The molecule has 0 aliphatic heterocycles. The molecule has 0 aromatic heterocycles. The number of hydrogen-bond acceptors (Lipinski definition) is 2. The molecule has 0 heterocycles. The van der Waals surface area contributed by atoms with Crippen LogP contribution in [0.5, 0.6) is 0 Å². The minimum absolute atomic E-state index is 0.0943. The Bertz CT molecular complexity index is 389. The van der Waals surface area contributed by atoms with Crippen LogP contribution in [0.2, 0.25) is 0 Å². The molecular formula is C14H20F2N2. The third kappa shape index (κ3) is 3.27. The van der Waals surface area contributed by atoms with Gasteiger partial charge in [-0.2, -0.15) is 0 Å². The molecule has 1 aliphatic carbocycles. The number of hydrogen-bond donors (Lipinski definition) is 2. The number of nitrogens with one attached hydrogen (secondary N) is 1. The molecule has 2 rings (SSSR count). The Morgan fingerprint density at radius 2 is 1.89 bits per heavy atom. The average Bonchev–Trinajstić information content (AvgIpc) is 2.40. The van der Waals surface area contributed by atoms with E-state index in [2.05, 4.69) is 5.43 Å². The minimum Gasteiger partial charge on any atom is -0.271 e. The van der Waals surface area contributed by atoms with Crippen LogP contribution in [-0.4, -0.2) is 0 Å². The van der Waals surface area contributed by atoms with E-state index in [4.69, 9.17) is 5.84 Å². The molecule has 2 nitrogen and oxygen atoms in total. The molecule has 0 amide bonds. The Morgan fingerprint density at radius 3 is 2.50 bits per heavy atom. The lowest BCUT2D eigenvalue weighted by Gasteiger charge is -2.26. The van der Waals surface area contributed by atoms with Gasteiger partial charge in [0.15, 0.2) is 11.6 Å². The largest absolute Gasteiger partial charge is 0.271 e. The topological polar surface area (TPSA) is 38.0 Å². The number of rotatable bonds is 4. The lowest BCUT2D eigenvalue weighted by molar-refractivity contribution is 0.300. The van der Waals surface area contributed by atoms with Crippen molar-refractivity contribution >= 4 is 0 Å². The molecule has 1 aliphatic rings. The zero-order valence-electron chi connectivity index (χ0n) is 10.5. The summed E-state index contributed by atoms with van der Waals surface area (Å²) in [6.45, 7) is 0. The summed E-state index contributed by atoms with van der Waals surface area (Å²) in [4.78, 5) is 0. The van der Waals surface area contributed by atoms with Gasteiger partial charge in [0.2, 0.25) is 0 Å². The molecule has 1 unspecified atom stereocenters. The molecule has 4 heteroatoms. The highest BCUT2D eigenvalue weighted by atomic mass is 19.2. The fraction of sp³-hybridized carbons (Fsp3) is 0.571. The van der Waals surface area contributed by atoms with Gasteiger partial charge in [-0.1, -0.05) is 38.2 Å². The van der Waals surface area contributed by atoms with Crippen LogP contribution < -0.4 is 11.3 Å². The zero-order valence-corrected chi connectivity index (χ0v) is 10.5. The molecule has 100 valence electrons. The summed E-state index contributed by atoms with van der Waals surface area (Å²) in [5, 5.41) is 0. The third-order valence-corrected chi connectivity index (χ3v) is 3.84. The van der Waals surface area contributed by atoms with E-state index in [1.165, 1.54) is 38.2 Å². The van der Waals surface area contributed by atoms with E-state index in [-0.39, 0.29) is 6.04 Å². The molecule has 3 N–H and O–H groups in total. The second-order valence-electron chi connectivity index (χ2n) is 5.13. The van der Waals surface area contributed by atoms with Gasteiger partial charge in [0, 0.05) is 6.04 Å². The van der Waals surface area contributed by atoms with Crippen LogP contribution in [0.1, 0.15) is 50.1 Å². The quantitative estimate of drug-likeness (QED) is 0.638. The van der Waals surface area contributed by atoms with Crippen LogP contribution in [-0.2, 0) is 0 Å². The van der Waals surface area contributed by atoms with E-state index in [0.29, 0.717) is 5.92 Å². The second-order valence-corrected chi connectivity index (χ2v) is 5.13.